The van der Waals surface area contributed by atoms with Gasteiger partial charge in [-0.1, -0.05) is 243 Å². The zero-order chi connectivity index (χ0) is 43.2. The van der Waals surface area contributed by atoms with Crippen LogP contribution in [-0.2, 0) is 5.41 Å². The third kappa shape index (κ3) is 6.58. The predicted octanol–water partition coefficient (Wildman–Crippen LogP) is 16.0. The highest BCUT2D eigenvalue weighted by Crippen LogP contribution is 2.60. The number of hydrogen-bond acceptors (Lipinski definition) is 2. The predicted molar refractivity (Wildman–Crippen MR) is 269 cm³/mol. The summed E-state index contributed by atoms with van der Waals surface area (Å²) in [5.74, 6) is 0.690. The van der Waals surface area contributed by atoms with Crippen molar-refractivity contribution in [3.63, 3.8) is 0 Å². The van der Waals surface area contributed by atoms with E-state index in [4.69, 9.17) is 9.97 Å². The number of hydrogen-bond donors (Lipinski definition) is 0. The number of aromatic nitrogens is 2. The molecule has 1 aliphatic rings. The lowest BCUT2D eigenvalue weighted by Crippen LogP contribution is -2.28. The summed E-state index contributed by atoms with van der Waals surface area (Å²) in [5, 5.41) is 2.48. The third-order valence-corrected chi connectivity index (χ3v) is 13.2. The first-order valence-corrected chi connectivity index (χ1v) is 22.3. The fraction of sp³-hybridized carbons (Fsp3) is 0.0159. The van der Waals surface area contributed by atoms with Crippen LogP contribution in [0.2, 0.25) is 0 Å². The van der Waals surface area contributed by atoms with Gasteiger partial charge in [0, 0.05) is 16.7 Å². The lowest BCUT2D eigenvalue weighted by atomic mass is 9.66. The van der Waals surface area contributed by atoms with Gasteiger partial charge in [0.2, 0.25) is 0 Å². The molecule has 2 heteroatoms. The maximum atomic E-state index is 5.27. The van der Waals surface area contributed by atoms with Gasteiger partial charge in [0.05, 0.1) is 16.8 Å². The highest BCUT2D eigenvalue weighted by molar-refractivity contribution is 6.06. The van der Waals surface area contributed by atoms with E-state index in [1.807, 2.05) is 6.07 Å². The lowest BCUT2D eigenvalue weighted by molar-refractivity contribution is 0.775. The average molecular weight is 827 g/mol. The highest BCUT2D eigenvalue weighted by atomic mass is 14.9. The van der Waals surface area contributed by atoms with Crippen LogP contribution in [-0.4, -0.2) is 9.97 Å². The van der Waals surface area contributed by atoms with Crippen LogP contribution >= 0.6 is 0 Å². The Morgan fingerprint density at radius 3 is 1.26 bits per heavy atom. The van der Waals surface area contributed by atoms with Crippen molar-refractivity contribution in [3.05, 3.63) is 277 Å². The van der Waals surface area contributed by atoms with Crippen LogP contribution in [0, 0.1) is 0 Å². The van der Waals surface area contributed by atoms with Gasteiger partial charge in [0.25, 0.3) is 0 Å². The molecule has 0 saturated carbocycles. The van der Waals surface area contributed by atoms with Gasteiger partial charge in [-0.3, -0.25) is 0 Å². The minimum Gasteiger partial charge on any atom is -0.228 e. The van der Waals surface area contributed by atoms with Crippen LogP contribution in [0.15, 0.2) is 255 Å². The van der Waals surface area contributed by atoms with Crippen LogP contribution in [0.4, 0.5) is 0 Å². The minimum absolute atomic E-state index is 0.518. The molecule has 0 spiro atoms. The van der Waals surface area contributed by atoms with E-state index in [0.717, 1.165) is 39.2 Å². The van der Waals surface area contributed by atoms with Crippen LogP contribution in [0.5, 0.6) is 0 Å². The summed E-state index contributed by atoms with van der Waals surface area (Å²) in [6.07, 6.45) is 0. The van der Waals surface area contributed by atoms with Crippen LogP contribution in [0.1, 0.15) is 22.3 Å². The largest absolute Gasteiger partial charge is 0.228 e. The topological polar surface area (TPSA) is 25.8 Å². The first-order valence-electron chi connectivity index (χ1n) is 22.3. The van der Waals surface area contributed by atoms with Gasteiger partial charge in [-0.05, 0) is 89.7 Å². The molecular weight excluding hydrogens is 785 g/mol. The monoisotopic (exact) mass is 826 g/mol. The SMILES string of the molecule is c1ccc(-c2ccc(-c3cc(-c4ccc(-c5cc6ccccc6c6c5-c5ccccc5C6(c5ccccc5)c5ccccc5)cc4)nc(-c4ccc(-c5ccccc5)cc4)n3)cc2)cc1. The van der Waals surface area contributed by atoms with Gasteiger partial charge in [-0.25, -0.2) is 9.97 Å². The molecule has 1 aliphatic carbocycles. The molecule has 1 heterocycles. The maximum absolute atomic E-state index is 5.27. The second-order valence-corrected chi connectivity index (χ2v) is 16.8. The van der Waals surface area contributed by atoms with Crippen molar-refractivity contribution < 1.29 is 0 Å². The minimum atomic E-state index is -0.518. The Morgan fingerprint density at radius 1 is 0.292 bits per heavy atom. The Hall–Kier alpha value is -8.46. The summed E-state index contributed by atoms with van der Waals surface area (Å²) in [5.41, 5.74) is 19.0. The quantitative estimate of drug-likeness (QED) is 0.152. The fourth-order valence-electron chi connectivity index (χ4n) is 10.1. The summed E-state index contributed by atoms with van der Waals surface area (Å²) >= 11 is 0. The van der Waals surface area contributed by atoms with E-state index < -0.39 is 5.41 Å². The van der Waals surface area contributed by atoms with Gasteiger partial charge < -0.3 is 0 Å². The van der Waals surface area contributed by atoms with Crippen molar-refractivity contribution in [3.8, 4) is 78.4 Å². The second kappa shape index (κ2) is 16.0. The molecule has 0 bridgehead atoms. The van der Waals surface area contributed by atoms with Gasteiger partial charge in [-0.15, -0.1) is 0 Å². The molecule has 65 heavy (non-hydrogen) atoms. The van der Waals surface area contributed by atoms with Gasteiger partial charge in [0.1, 0.15) is 0 Å². The van der Waals surface area contributed by atoms with Crippen molar-refractivity contribution in [2.45, 2.75) is 5.41 Å². The fourth-order valence-corrected chi connectivity index (χ4v) is 10.1. The smallest absolute Gasteiger partial charge is 0.160 e. The van der Waals surface area contributed by atoms with Crippen molar-refractivity contribution >= 4 is 10.8 Å². The van der Waals surface area contributed by atoms with Crippen LogP contribution < -0.4 is 0 Å². The molecule has 0 radical (unpaired) electrons. The molecule has 2 nitrogen and oxygen atoms in total. The van der Waals surface area contributed by atoms with E-state index >= 15 is 0 Å². The van der Waals surface area contributed by atoms with Crippen LogP contribution in [0.3, 0.4) is 0 Å². The standard InChI is InChI=1S/C63H42N2/c1-5-17-43(18-6-1)45-29-35-48(36-30-45)58-42-59(65-62(64-58)50-39-31-46(32-40-50)44-19-7-2-8-20-44)49-37-33-47(34-38-49)56-41-51-21-13-14-26-54(51)61-60(56)55-27-15-16-28-57(55)63(61,52-22-9-3-10-23-52)53-24-11-4-12-25-53/h1-42H. The number of fused-ring (bicyclic) bond motifs is 5. The second-order valence-electron chi connectivity index (χ2n) is 16.8. The molecule has 1 aromatic heterocycles. The molecular formula is C63H42N2. The first-order chi connectivity index (χ1) is 32.2. The molecule has 12 rings (SSSR count). The van der Waals surface area contributed by atoms with Crippen molar-refractivity contribution in [1.29, 1.82) is 0 Å². The van der Waals surface area contributed by atoms with E-state index in [1.54, 1.807) is 0 Å². The average Bonchev–Trinajstić information content (AvgIpc) is 3.72. The van der Waals surface area contributed by atoms with Crippen molar-refractivity contribution in [2.24, 2.45) is 0 Å². The first kappa shape index (κ1) is 38.2. The number of rotatable bonds is 8. The molecule has 0 aliphatic heterocycles. The molecule has 0 fully saturated rings. The van der Waals surface area contributed by atoms with E-state index in [-0.39, 0.29) is 0 Å². The zero-order valence-electron chi connectivity index (χ0n) is 35.6. The summed E-state index contributed by atoms with van der Waals surface area (Å²) in [7, 11) is 0. The van der Waals surface area contributed by atoms with Crippen molar-refractivity contribution in [2.75, 3.05) is 0 Å². The Balaban J connectivity index is 1.01. The Morgan fingerprint density at radius 2 is 0.708 bits per heavy atom. The Kier molecular flexibility index (Phi) is 9.43. The van der Waals surface area contributed by atoms with Gasteiger partial charge >= 0.3 is 0 Å². The summed E-state index contributed by atoms with van der Waals surface area (Å²) in [6.45, 7) is 0. The van der Waals surface area contributed by atoms with E-state index in [9.17, 15) is 0 Å². The number of nitrogens with zero attached hydrogens (tertiary/aromatic N) is 2. The third-order valence-electron chi connectivity index (χ3n) is 13.2. The molecule has 0 unspecified atom stereocenters. The summed E-state index contributed by atoms with van der Waals surface area (Å²) < 4.78 is 0. The molecule has 0 saturated heterocycles. The lowest BCUT2D eigenvalue weighted by Gasteiger charge is -2.35. The Labute approximate surface area is 379 Å². The summed E-state index contributed by atoms with van der Waals surface area (Å²) in [4.78, 5) is 10.5. The van der Waals surface area contributed by atoms with Gasteiger partial charge in [0.15, 0.2) is 5.82 Å². The molecule has 10 aromatic carbocycles. The van der Waals surface area contributed by atoms with Gasteiger partial charge in [-0.2, -0.15) is 0 Å². The van der Waals surface area contributed by atoms with E-state index in [1.165, 1.54) is 66.4 Å². The van der Waals surface area contributed by atoms with Crippen molar-refractivity contribution in [1.82, 2.24) is 9.97 Å². The normalized spacial score (nSPS) is 12.4. The molecule has 0 atom stereocenters. The molecule has 0 N–H and O–H groups in total. The Bertz CT molecular complexity index is 3330. The van der Waals surface area contributed by atoms with E-state index in [0.29, 0.717) is 5.82 Å². The molecule has 11 aromatic rings. The maximum Gasteiger partial charge on any atom is 0.160 e. The molecule has 0 amide bonds. The van der Waals surface area contributed by atoms with Crippen LogP contribution in [0.25, 0.3) is 89.2 Å². The van der Waals surface area contributed by atoms with E-state index in [2.05, 4.69) is 249 Å². The zero-order valence-corrected chi connectivity index (χ0v) is 35.6. The molecule has 304 valence electrons. The number of benzene rings is 10. The highest BCUT2D eigenvalue weighted by Gasteiger charge is 2.48. The summed E-state index contributed by atoms with van der Waals surface area (Å²) in [6, 6.07) is 91.9.